The lowest BCUT2D eigenvalue weighted by Crippen LogP contribution is -2.15. The van der Waals surface area contributed by atoms with Crippen LogP contribution in [0.15, 0.2) is 48.7 Å². The molecule has 0 atom stereocenters. The summed E-state index contributed by atoms with van der Waals surface area (Å²) in [6, 6.07) is 12.0. The van der Waals surface area contributed by atoms with Gasteiger partial charge in [-0.05, 0) is 31.0 Å². The molecular weight excluding hydrogens is 518 g/mol. The summed E-state index contributed by atoms with van der Waals surface area (Å²) in [7, 11) is 0. The number of fused-ring (bicyclic) bond motifs is 1. The largest absolute Gasteiger partial charge is 0.485 e. The summed E-state index contributed by atoms with van der Waals surface area (Å²) in [5, 5.41) is 0. The summed E-state index contributed by atoms with van der Waals surface area (Å²) in [4.78, 5) is 38.0. The Hall–Kier alpha value is -4.31. The van der Waals surface area contributed by atoms with E-state index in [4.69, 9.17) is 28.9 Å². The van der Waals surface area contributed by atoms with Crippen molar-refractivity contribution in [2.24, 2.45) is 0 Å². The second-order valence-corrected chi connectivity index (χ2v) is 9.91. The molecule has 10 heteroatoms. The van der Waals surface area contributed by atoms with Crippen LogP contribution >= 0.6 is 11.3 Å². The fourth-order valence-electron chi connectivity index (χ4n) is 4.33. The van der Waals surface area contributed by atoms with Gasteiger partial charge in [0.15, 0.2) is 11.5 Å². The van der Waals surface area contributed by atoms with Gasteiger partial charge in [-0.3, -0.25) is 14.6 Å². The number of carbonyl (C=O) groups excluding carboxylic acids is 2. The molecule has 0 fully saturated rings. The lowest BCUT2D eigenvalue weighted by Gasteiger charge is -2.17. The molecule has 0 amide bonds. The highest BCUT2D eigenvalue weighted by atomic mass is 32.1. The summed E-state index contributed by atoms with van der Waals surface area (Å²) in [5.41, 5.74) is 2.66. The number of rotatable bonds is 12. The van der Waals surface area contributed by atoms with Gasteiger partial charge in [-0.1, -0.05) is 32.3 Å². The first-order valence-electron chi connectivity index (χ1n) is 12.8. The summed E-state index contributed by atoms with van der Waals surface area (Å²) in [6.07, 6.45) is 7.12. The van der Waals surface area contributed by atoms with Crippen molar-refractivity contribution in [3.05, 3.63) is 53.5 Å². The van der Waals surface area contributed by atoms with E-state index >= 15 is 0 Å². The van der Waals surface area contributed by atoms with Gasteiger partial charge in [0.1, 0.15) is 24.7 Å². The molecule has 0 unspecified atom stereocenters. The van der Waals surface area contributed by atoms with Crippen LogP contribution in [0.3, 0.4) is 0 Å². The molecule has 0 radical (unpaired) electrons. The first kappa shape index (κ1) is 26.3. The van der Waals surface area contributed by atoms with Crippen molar-refractivity contribution in [2.45, 2.75) is 39.0 Å². The summed E-state index contributed by atoms with van der Waals surface area (Å²) >= 11 is 1.65. The first-order chi connectivity index (χ1) is 19.2. The average Bonchev–Trinajstić information content (AvgIpc) is 3.34. The Morgan fingerprint density at radius 3 is 2.31 bits per heavy atom. The number of unbranched alkanes of at least 4 members (excludes halogenated alkanes) is 3. The number of pyridine rings is 3. The second-order valence-electron chi connectivity index (χ2n) is 8.81. The van der Waals surface area contributed by atoms with Crippen molar-refractivity contribution in [1.29, 1.82) is 0 Å². The number of hydrogen-bond donors (Lipinski definition) is 0. The average molecular weight is 546 g/mol. The number of aromatic nitrogens is 3. The Kier molecular flexibility index (Phi) is 8.42. The van der Waals surface area contributed by atoms with Crippen LogP contribution in [0, 0.1) is 0 Å². The topological polar surface area (TPSA) is 110 Å². The quantitative estimate of drug-likeness (QED) is 0.159. The third kappa shape index (κ3) is 6.06. The van der Waals surface area contributed by atoms with Crippen molar-refractivity contribution in [1.82, 2.24) is 15.0 Å². The SMILES string of the molecule is CCCCCCc1sc(-c2cccc(-c3cc(OC=O)cc(-c4cc(OC=O)ccn4)n3)n2)c2c1OCCO2. The van der Waals surface area contributed by atoms with Crippen LogP contribution in [0.2, 0.25) is 0 Å². The molecule has 5 heterocycles. The van der Waals surface area contributed by atoms with Gasteiger partial charge in [0.2, 0.25) is 0 Å². The molecule has 39 heavy (non-hydrogen) atoms. The minimum Gasteiger partial charge on any atom is -0.485 e. The van der Waals surface area contributed by atoms with Crippen molar-refractivity contribution in [3.8, 4) is 56.3 Å². The smallest absolute Gasteiger partial charge is 0.298 e. The zero-order chi connectivity index (χ0) is 27.0. The third-order valence-corrected chi connectivity index (χ3v) is 7.36. The number of hydrogen-bond acceptors (Lipinski definition) is 10. The van der Waals surface area contributed by atoms with Crippen LogP contribution in [-0.4, -0.2) is 41.1 Å². The highest BCUT2D eigenvalue weighted by molar-refractivity contribution is 7.16. The zero-order valence-electron chi connectivity index (χ0n) is 21.4. The van der Waals surface area contributed by atoms with E-state index in [9.17, 15) is 9.59 Å². The standard InChI is InChI=1S/C29H27N3O6S/c1-2-3-4-5-9-26-27-28(36-13-12-35-27)29(39-26)22-8-6-7-21(31-22)24-15-20(38-18-34)16-25(32-24)23-14-19(37-17-33)10-11-30-23/h6-8,10-11,14-18H,2-5,9,12-13H2,1H3. The molecule has 0 saturated heterocycles. The van der Waals surface area contributed by atoms with Crippen LogP contribution in [0.5, 0.6) is 23.0 Å². The minimum atomic E-state index is 0.278. The van der Waals surface area contributed by atoms with Gasteiger partial charge in [0, 0.05) is 24.4 Å². The zero-order valence-corrected chi connectivity index (χ0v) is 22.2. The molecule has 0 bridgehead atoms. The molecular formula is C29H27N3O6S. The Morgan fingerprint density at radius 1 is 0.821 bits per heavy atom. The van der Waals surface area contributed by atoms with E-state index in [0.717, 1.165) is 34.9 Å². The Balaban J connectivity index is 1.52. The number of ether oxygens (including phenoxy) is 4. The maximum absolute atomic E-state index is 11.1. The van der Waals surface area contributed by atoms with Crippen molar-refractivity contribution < 1.29 is 28.5 Å². The monoisotopic (exact) mass is 545 g/mol. The van der Waals surface area contributed by atoms with Gasteiger partial charge in [0.25, 0.3) is 12.9 Å². The molecule has 9 nitrogen and oxygen atoms in total. The Labute approximate surface area is 229 Å². The minimum absolute atomic E-state index is 0.278. The van der Waals surface area contributed by atoms with E-state index in [0.29, 0.717) is 54.7 Å². The number of aryl methyl sites for hydroxylation is 1. The first-order valence-corrected chi connectivity index (χ1v) is 13.6. The van der Waals surface area contributed by atoms with Crippen molar-refractivity contribution >= 4 is 24.3 Å². The normalized spacial score (nSPS) is 12.1. The third-order valence-electron chi connectivity index (χ3n) is 6.13. The van der Waals surface area contributed by atoms with Gasteiger partial charge in [-0.2, -0.15) is 0 Å². The van der Waals surface area contributed by atoms with Crippen LogP contribution in [0.1, 0.15) is 37.5 Å². The summed E-state index contributed by atoms with van der Waals surface area (Å²) < 4.78 is 22.2. The van der Waals surface area contributed by atoms with Gasteiger partial charge in [-0.25, -0.2) is 9.97 Å². The highest BCUT2D eigenvalue weighted by Gasteiger charge is 2.26. The summed E-state index contributed by atoms with van der Waals surface area (Å²) in [6.45, 7) is 3.91. The molecule has 5 rings (SSSR count). The second kappa shape index (κ2) is 12.5. The predicted octanol–water partition coefficient (Wildman–Crippen LogP) is 5.90. The van der Waals surface area contributed by atoms with Crippen LogP contribution < -0.4 is 18.9 Å². The lowest BCUT2D eigenvalue weighted by molar-refractivity contribution is -0.121. The Bertz CT molecular complexity index is 1470. The van der Waals surface area contributed by atoms with E-state index in [1.165, 1.54) is 30.3 Å². The molecule has 200 valence electrons. The van der Waals surface area contributed by atoms with Gasteiger partial charge in [0.05, 0.1) is 38.2 Å². The van der Waals surface area contributed by atoms with Crippen molar-refractivity contribution in [2.75, 3.05) is 13.2 Å². The van der Waals surface area contributed by atoms with Crippen LogP contribution in [-0.2, 0) is 16.0 Å². The number of thiophene rings is 1. The van der Waals surface area contributed by atoms with Crippen LogP contribution in [0.25, 0.3) is 33.3 Å². The predicted molar refractivity (Wildman–Crippen MR) is 146 cm³/mol. The fourth-order valence-corrected chi connectivity index (χ4v) is 5.53. The Morgan fingerprint density at radius 2 is 1.51 bits per heavy atom. The van der Waals surface area contributed by atoms with Crippen LogP contribution in [0.4, 0.5) is 0 Å². The maximum atomic E-state index is 11.1. The fraction of sp³-hybridized carbons (Fsp3) is 0.276. The molecule has 0 aliphatic carbocycles. The van der Waals surface area contributed by atoms with Gasteiger partial charge in [-0.15, -0.1) is 11.3 Å². The molecule has 4 aromatic rings. The van der Waals surface area contributed by atoms with Gasteiger partial charge >= 0.3 is 0 Å². The maximum Gasteiger partial charge on any atom is 0.298 e. The molecule has 0 spiro atoms. The van der Waals surface area contributed by atoms with E-state index < -0.39 is 0 Å². The van der Waals surface area contributed by atoms with Gasteiger partial charge < -0.3 is 18.9 Å². The highest BCUT2D eigenvalue weighted by Crippen LogP contribution is 2.49. The number of carbonyl (C=O) groups is 2. The molecule has 0 N–H and O–H groups in total. The lowest BCUT2D eigenvalue weighted by atomic mass is 10.1. The molecule has 0 aromatic carbocycles. The molecule has 1 aliphatic rings. The van der Waals surface area contributed by atoms with E-state index in [1.807, 2.05) is 18.2 Å². The van der Waals surface area contributed by atoms with E-state index in [2.05, 4.69) is 11.9 Å². The van der Waals surface area contributed by atoms with Crippen molar-refractivity contribution in [3.63, 3.8) is 0 Å². The molecule has 0 saturated carbocycles. The number of nitrogens with zero attached hydrogens (tertiary/aromatic N) is 3. The molecule has 4 aromatic heterocycles. The molecule has 1 aliphatic heterocycles. The van der Waals surface area contributed by atoms with E-state index in [1.54, 1.807) is 35.6 Å². The summed E-state index contributed by atoms with van der Waals surface area (Å²) in [5.74, 6) is 2.16. The van der Waals surface area contributed by atoms with E-state index in [-0.39, 0.29) is 5.75 Å².